The van der Waals surface area contributed by atoms with Crippen LogP contribution < -0.4 is 0 Å². The fourth-order valence-corrected chi connectivity index (χ4v) is 4.54. The van der Waals surface area contributed by atoms with E-state index >= 15 is 0 Å². The highest BCUT2D eigenvalue weighted by Gasteiger charge is 2.31. The Hall–Kier alpha value is -2.35. The monoisotopic (exact) mass is 300 g/mol. The molecule has 0 bridgehead atoms. The van der Waals surface area contributed by atoms with Crippen LogP contribution in [0.5, 0.6) is 0 Å². The Kier molecular flexibility index (Phi) is 2.36. The average molecular weight is 300 g/mol. The van der Waals surface area contributed by atoms with E-state index in [9.17, 15) is 0 Å². The topological polar surface area (TPSA) is 17.3 Å². The van der Waals surface area contributed by atoms with Crippen molar-refractivity contribution >= 4 is 27.3 Å². The normalized spacial score (nSPS) is 20.2. The second-order valence-corrected chi connectivity index (χ2v) is 7.06. The molecule has 114 valence electrons. The Bertz CT molecular complexity index is 1120. The molecule has 0 amide bonds. The number of aryl methyl sites for hydroxylation is 2. The first-order valence-electron chi connectivity index (χ1n) is 8.42. The number of aromatic nitrogens is 2. The van der Waals surface area contributed by atoms with Gasteiger partial charge in [-0.1, -0.05) is 50.2 Å². The molecule has 0 fully saturated rings. The minimum Gasteiger partial charge on any atom is -0.295 e. The van der Waals surface area contributed by atoms with E-state index in [4.69, 9.17) is 4.98 Å². The summed E-state index contributed by atoms with van der Waals surface area (Å²) in [5, 5.41) is 3.98. The van der Waals surface area contributed by atoms with E-state index in [0.29, 0.717) is 11.8 Å². The lowest BCUT2D eigenvalue weighted by molar-refractivity contribution is 0.589. The highest BCUT2D eigenvalue weighted by molar-refractivity contribution is 6.14. The van der Waals surface area contributed by atoms with Gasteiger partial charge < -0.3 is 0 Å². The molecule has 1 aliphatic rings. The van der Waals surface area contributed by atoms with Crippen molar-refractivity contribution in [2.45, 2.75) is 39.5 Å². The van der Waals surface area contributed by atoms with E-state index in [-0.39, 0.29) is 0 Å². The van der Waals surface area contributed by atoms with Crippen molar-refractivity contribution in [3.05, 3.63) is 58.9 Å². The van der Waals surface area contributed by atoms with Crippen molar-refractivity contribution < 1.29 is 0 Å². The van der Waals surface area contributed by atoms with Crippen LogP contribution in [0.15, 0.2) is 36.4 Å². The molecule has 2 atom stereocenters. The summed E-state index contributed by atoms with van der Waals surface area (Å²) < 4.78 is 2.44. The Morgan fingerprint density at radius 1 is 0.913 bits per heavy atom. The van der Waals surface area contributed by atoms with Crippen molar-refractivity contribution in [2.24, 2.45) is 0 Å². The third kappa shape index (κ3) is 1.42. The predicted octanol–water partition coefficient (Wildman–Crippen LogP) is 5.48. The number of fused-ring (bicyclic) bond motifs is 3. The number of benzene rings is 2. The summed E-state index contributed by atoms with van der Waals surface area (Å²) in [5.41, 5.74) is 7.86. The maximum absolute atomic E-state index is 4.97. The molecule has 2 aromatic heterocycles. The van der Waals surface area contributed by atoms with E-state index in [1.807, 2.05) is 0 Å². The van der Waals surface area contributed by atoms with Crippen LogP contribution in [0, 0.1) is 13.8 Å². The van der Waals surface area contributed by atoms with Gasteiger partial charge in [-0.05, 0) is 36.3 Å². The van der Waals surface area contributed by atoms with E-state index < -0.39 is 0 Å². The first kappa shape index (κ1) is 13.1. The molecule has 0 unspecified atom stereocenters. The molecule has 0 saturated heterocycles. The lowest BCUT2D eigenvalue weighted by Crippen LogP contribution is -2.16. The van der Waals surface area contributed by atoms with Gasteiger partial charge in [0.1, 0.15) is 5.65 Å². The van der Waals surface area contributed by atoms with Gasteiger partial charge in [0.2, 0.25) is 0 Å². The number of imidazole rings is 1. The number of pyridine rings is 1. The van der Waals surface area contributed by atoms with Gasteiger partial charge in [-0.25, -0.2) is 4.98 Å². The Balaban J connectivity index is 2.24. The van der Waals surface area contributed by atoms with Crippen LogP contribution in [0.4, 0.5) is 0 Å². The molecule has 0 radical (unpaired) electrons. The van der Waals surface area contributed by atoms with Crippen LogP contribution in [-0.2, 0) is 0 Å². The van der Waals surface area contributed by atoms with Crippen molar-refractivity contribution in [1.29, 1.82) is 0 Å². The highest BCUT2D eigenvalue weighted by atomic mass is 15.0. The van der Waals surface area contributed by atoms with Crippen molar-refractivity contribution in [1.82, 2.24) is 9.38 Å². The third-order valence-electron chi connectivity index (χ3n) is 5.85. The summed E-state index contributed by atoms with van der Waals surface area (Å²) in [6.45, 7) is 9.08. The van der Waals surface area contributed by atoms with Crippen molar-refractivity contribution in [3.8, 4) is 0 Å². The van der Waals surface area contributed by atoms with E-state index in [2.05, 4.69) is 68.5 Å². The van der Waals surface area contributed by atoms with Gasteiger partial charge in [0, 0.05) is 22.4 Å². The minimum absolute atomic E-state index is 0.490. The molecule has 5 rings (SSSR count). The summed E-state index contributed by atoms with van der Waals surface area (Å²) in [6, 6.07) is 13.3. The van der Waals surface area contributed by atoms with Gasteiger partial charge in [-0.2, -0.15) is 0 Å². The molecule has 1 aliphatic heterocycles. The van der Waals surface area contributed by atoms with Crippen LogP contribution in [0.2, 0.25) is 0 Å². The average Bonchev–Trinajstić information content (AvgIpc) is 2.90. The lowest BCUT2D eigenvalue weighted by Gasteiger charge is -2.29. The molecule has 0 N–H and O–H groups in total. The number of hydrogen-bond donors (Lipinski definition) is 0. The molecule has 2 heteroatoms. The number of nitrogens with zero attached hydrogens (tertiary/aromatic N) is 2. The third-order valence-corrected chi connectivity index (χ3v) is 5.85. The van der Waals surface area contributed by atoms with Gasteiger partial charge in [-0.15, -0.1) is 0 Å². The predicted molar refractivity (Wildman–Crippen MR) is 96.5 cm³/mol. The van der Waals surface area contributed by atoms with Crippen LogP contribution >= 0.6 is 0 Å². The fraction of sp³-hybridized carbons (Fsp3) is 0.286. The first-order chi connectivity index (χ1) is 11.1. The van der Waals surface area contributed by atoms with Gasteiger partial charge in [0.25, 0.3) is 0 Å². The quantitative estimate of drug-likeness (QED) is 0.393. The molecule has 2 aromatic carbocycles. The molecule has 0 aliphatic carbocycles. The van der Waals surface area contributed by atoms with Gasteiger partial charge in [-0.3, -0.25) is 4.40 Å². The number of hydrogen-bond acceptors (Lipinski definition) is 1. The largest absolute Gasteiger partial charge is 0.295 e. The van der Waals surface area contributed by atoms with Crippen LogP contribution in [-0.4, -0.2) is 9.38 Å². The van der Waals surface area contributed by atoms with Gasteiger partial charge in [0.05, 0.1) is 11.2 Å². The standard InChI is InChI=1S/C21H20N2/c1-11-9-10-15-12(2)13(3)19-14(4)22-21-17-8-6-5-7-16(17)18(11)20(15)23(19)21/h5-10,12-13H,1-4H3/t12-,13+/m0/s1. The summed E-state index contributed by atoms with van der Waals surface area (Å²) in [5.74, 6) is 1.01. The Morgan fingerprint density at radius 2 is 1.65 bits per heavy atom. The summed E-state index contributed by atoms with van der Waals surface area (Å²) >= 11 is 0. The lowest BCUT2D eigenvalue weighted by atomic mass is 9.81. The molecule has 3 heterocycles. The van der Waals surface area contributed by atoms with E-state index in [1.54, 1.807) is 0 Å². The van der Waals surface area contributed by atoms with Crippen molar-refractivity contribution in [3.63, 3.8) is 0 Å². The Morgan fingerprint density at radius 3 is 2.43 bits per heavy atom. The second-order valence-electron chi connectivity index (χ2n) is 7.06. The maximum Gasteiger partial charge on any atom is 0.145 e. The molecule has 2 nitrogen and oxygen atoms in total. The number of rotatable bonds is 0. The summed E-state index contributed by atoms with van der Waals surface area (Å²) in [4.78, 5) is 4.97. The SMILES string of the molecule is Cc1nc2c3ccccc3c3c(C)ccc4c3n2c1[C@H](C)[C@@H]4C. The minimum atomic E-state index is 0.490. The zero-order valence-electron chi connectivity index (χ0n) is 14.0. The van der Waals surface area contributed by atoms with E-state index in [1.165, 1.54) is 44.2 Å². The summed E-state index contributed by atoms with van der Waals surface area (Å²) in [7, 11) is 0. The van der Waals surface area contributed by atoms with Crippen LogP contribution in [0.1, 0.15) is 48.2 Å². The molecule has 0 spiro atoms. The van der Waals surface area contributed by atoms with Gasteiger partial charge >= 0.3 is 0 Å². The molecule has 23 heavy (non-hydrogen) atoms. The smallest absolute Gasteiger partial charge is 0.145 e. The molecule has 0 saturated carbocycles. The van der Waals surface area contributed by atoms with Crippen LogP contribution in [0.3, 0.4) is 0 Å². The van der Waals surface area contributed by atoms with Gasteiger partial charge in [0.15, 0.2) is 0 Å². The summed E-state index contributed by atoms with van der Waals surface area (Å²) in [6.07, 6.45) is 0. The molecular weight excluding hydrogens is 280 g/mol. The zero-order valence-corrected chi connectivity index (χ0v) is 14.0. The Labute approximate surface area is 135 Å². The zero-order chi connectivity index (χ0) is 15.9. The van der Waals surface area contributed by atoms with Crippen molar-refractivity contribution in [2.75, 3.05) is 0 Å². The van der Waals surface area contributed by atoms with E-state index in [0.717, 1.165) is 5.65 Å². The molecular formula is C21H20N2. The highest BCUT2D eigenvalue weighted by Crippen LogP contribution is 2.45. The first-order valence-corrected chi connectivity index (χ1v) is 8.42. The fourth-order valence-electron chi connectivity index (χ4n) is 4.54. The molecule has 4 aromatic rings. The van der Waals surface area contributed by atoms with Crippen LogP contribution in [0.25, 0.3) is 27.3 Å². The second kappa shape index (κ2) is 4.14. The maximum atomic E-state index is 4.97.